The maximum Gasteiger partial charge on any atom is 0.0669 e. The fraction of sp³-hybridized carbons (Fsp3) is 0.0667. The summed E-state index contributed by atoms with van der Waals surface area (Å²) in [6, 6.07) is 38.2. The Morgan fingerprint density at radius 2 is 1.16 bits per heavy atom. The molecule has 5 rings (SSSR count). The molecule has 0 aliphatic rings. The Labute approximate surface area is 187 Å². The zero-order chi connectivity index (χ0) is 21.9. The maximum atomic E-state index is 9.18. The molecule has 0 heterocycles. The molecular formula is C30H20N2. The van der Waals surface area contributed by atoms with Gasteiger partial charge >= 0.3 is 0 Å². The van der Waals surface area contributed by atoms with Crippen molar-refractivity contribution in [1.29, 1.82) is 10.5 Å². The molecule has 150 valence electrons. The monoisotopic (exact) mass is 408 g/mol. The van der Waals surface area contributed by atoms with Crippen molar-refractivity contribution in [1.82, 2.24) is 0 Å². The topological polar surface area (TPSA) is 47.6 Å². The number of nitrogens with zero attached hydrogens (tertiary/aromatic N) is 2. The molecule has 0 aliphatic heterocycles. The third-order valence-corrected chi connectivity index (χ3v) is 5.93. The van der Waals surface area contributed by atoms with E-state index < -0.39 is 0 Å². The largest absolute Gasteiger partial charge is 0.198 e. The number of benzene rings is 5. The van der Waals surface area contributed by atoms with Crippen molar-refractivity contribution in [2.75, 3.05) is 0 Å². The summed E-state index contributed by atoms with van der Waals surface area (Å²) in [6.07, 6.45) is 0.798. The third-order valence-electron chi connectivity index (χ3n) is 5.93. The van der Waals surface area contributed by atoms with Gasteiger partial charge in [0.2, 0.25) is 0 Å². The average molecular weight is 409 g/mol. The van der Waals surface area contributed by atoms with Crippen molar-refractivity contribution in [2.45, 2.75) is 12.8 Å². The zero-order valence-electron chi connectivity index (χ0n) is 17.5. The first-order chi connectivity index (χ1) is 15.8. The van der Waals surface area contributed by atoms with Crippen LogP contribution in [0, 0.1) is 22.7 Å². The summed E-state index contributed by atoms with van der Waals surface area (Å²) in [5, 5.41) is 23.0. The molecule has 5 aromatic carbocycles. The molecule has 0 fully saturated rings. The van der Waals surface area contributed by atoms with E-state index in [9.17, 15) is 5.26 Å². The molecule has 0 bridgehead atoms. The van der Waals surface area contributed by atoms with Crippen LogP contribution in [-0.2, 0) is 12.8 Å². The lowest BCUT2D eigenvalue weighted by Gasteiger charge is -2.16. The first kappa shape index (κ1) is 19.6. The van der Waals surface area contributed by atoms with Crippen molar-refractivity contribution in [3.05, 3.63) is 108 Å². The molecule has 5 aromatic rings. The van der Waals surface area contributed by atoms with Crippen molar-refractivity contribution in [3.63, 3.8) is 0 Å². The highest BCUT2D eigenvalue weighted by atomic mass is 14.2. The van der Waals surface area contributed by atoms with E-state index in [0.29, 0.717) is 12.8 Å². The molecule has 0 spiro atoms. The lowest BCUT2D eigenvalue weighted by molar-refractivity contribution is 1.26. The van der Waals surface area contributed by atoms with Crippen LogP contribution >= 0.6 is 0 Å². The fourth-order valence-corrected chi connectivity index (χ4v) is 4.52. The summed E-state index contributed by atoms with van der Waals surface area (Å²) in [4.78, 5) is 0. The van der Waals surface area contributed by atoms with Gasteiger partial charge in [-0.3, -0.25) is 0 Å². The molecule has 0 saturated heterocycles. The Morgan fingerprint density at radius 1 is 0.531 bits per heavy atom. The van der Waals surface area contributed by atoms with Crippen molar-refractivity contribution in [3.8, 4) is 34.4 Å². The Kier molecular flexibility index (Phi) is 5.12. The van der Waals surface area contributed by atoms with E-state index in [1.807, 2.05) is 24.3 Å². The first-order valence-corrected chi connectivity index (χ1v) is 10.7. The zero-order valence-corrected chi connectivity index (χ0v) is 17.5. The highest BCUT2D eigenvalue weighted by molar-refractivity contribution is 6.16. The standard InChI is InChI=1S/C30H20N2/c31-16-14-21-6-3-9-23(18-21)26-12-5-13-28-29(26)20-24-8-1-2-11-27(24)30(28)25-10-4-7-22(19-25)15-17-32/h1-13,18-20H,14-15H2. The molecule has 0 aliphatic carbocycles. The normalized spacial score (nSPS) is 10.7. The molecular weight excluding hydrogens is 388 g/mol. The Balaban J connectivity index is 1.84. The van der Waals surface area contributed by atoms with Crippen LogP contribution in [0.2, 0.25) is 0 Å². The molecule has 0 N–H and O–H groups in total. The van der Waals surface area contributed by atoms with Gasteiger partial charge in [0, 0.05) is 0 Å². The molecule has 0 amide bonds. The van der Waals surface area contributed by atoms with E-state index in [1.54, 1.807) is 0 Å². The molecule has 0 aromatic heterocycles. The van der Waals surface area contributed by atoms with E-state index in [2.05, 4.69) is 84.9 Å². The molecule has 0 unspecified atom stereocenters. The quantitative estimate of drug-likeness (QED) is 0.290. The Morgan fingerprint density at radius 3 is 1.91 bits per heavy atom. The minimum Gasteiger partial charge on any atom is -0.198 e. The van der Waals surface area contributed by atoms with Crippen molar-refractivity contribution < 1.29 is 0 Å². The summed E-state index contributed by atoms with van der Waals surface area (Å²) in [5.74, 6) is 0. The smallest absolute Gasteiger partial charge is 0.0669 e. The van der Waals surface area contributed by atoms with Crippen LogP contribution in [0.25, 0.3) is 43.8 Å². The molecule has 2 heteroatoms. The number of hydrogen-bond donors (Lipinski definition) is 0. The number of hydrogen-bond acceptors (Lipinski definition) is 2. The predicted octanol–water partition coefficient (Wildman–Crippen LogP) is 7.46. The van der Waals surface area contributed by atoms with Crippen LogP contribution in [0.1, 0.15) is 11.1 Å². The summed E-state index contributed by atoms with van der Waals surface area (Å²) in [6.45, 7) is 0. The number of nitriles is 2. The molecule has 0 saturated carbocycles. The third kappa shape index (κ3) is 3.49. The SMILES string of the molecule is N#CCc1cccc(-c2cccc3c(-c4cccc(CC#N)c4)c4ccccc4cc23)c1. The van der Waals surface area contributed by atoms with Crippen LogP contribution < -0.4 is 0 Å². The summed E-state index contributed by atoms with van der Waals surface area (Å²) in [5.41, 5.74) is 6.62. The Bertz CT molecular complexity index is 1550. The van der Waals surface area contributed by atoms with Gasteiger partial charge in [0.15, 0.2) is 0 Å². The highest BCUT2D eigenvalue weighted by Crippen LogP contribution is 2.40. The van der Waals surface area contributed by atoms with E-state index >= 15 is 0 Å². The molecule has 0 atom stereocenters. The van der Waals surface area contributed by atoms with Crippen LogP contribution in [0.5, 0.6) is 0 Å². The van der Waals surface area contributed by atoms with Gasteiger partial charge in [-0.1, -0.05) is 91.0 Å². The minimum absolute atomic E-state index is 0.396. The second-order valence-electron chi connectivity index (χ2n) is 7.94. The van der Waals surface area contributed by atoms with Crippen molar-refractivity contribution >= 4 is 21.5 Å². The second-order valence-corrected chi connectivity index (χ2v) is 7.94. The van der Waals surface area contributed by atoms with Crippen LogP contribution in [0.4, 0.5) is 0 Å². The van der Waals surface area contributed by atoms with E-state index in [-0.39, 0.29) is 0 Å². The molecule has 2 nitrogen and oxygen atoms in total. The summed E-state index contributed by atoms with van der Waals surface area (Å²) in [7, 11) is 0. The second kappa shape index (κ2) is 8.38. The Hall–Kier alpha value is -4.40. The van der Waals surface area contributed by atoms with Gasteiger partial charge < -0.3 is 0 Å². The van der Waals surface area contributed by atoms with Gasteiger partial charge in [0.25, 0.3) is 0 Å². The maximum absolute atomic E-state index is 9.18. The van der Waals surface area contributed by atoms with Crippen LogP contribution in [0.15, 0.2) is 97.1 Å². The fourth-order valence-electron chi connectivity index (χ4n) is 4.52. The van der Waals surface area contributed by atoms with Crippen LogP contribution in [0.3, 0.4) is 0 Å². The first-order valence-electron chi connectivity index (χ1n) is 10.7. The lowest BCUT2D eigenvalue weighted by Crippen LogP contribution is -1.90. The highest BCUT2D eigenvalue weighted by Gasteiger charge is 2.13. The van der Waals surface area contributed by atoms with Gasteiger partial charge in [-0.15, -0.1) is 0 Å². The summed E-state index contributed by atoms with van der Waals surface area (Å²) < 4.78 is 0. The van der Waals surface area contributed by atoms with Crippen molar-refractivity contribution in [2.24, 2.45) is 0 Å². The predicted molar refractivity (Wildman–Crippen MR) is 131 cm³/mol. The van der Waals surface area contributed by atoms with Crippen LogP contribution in [-0.4, -0.2) is 0 Å². The molecule has 0 radical (unpaired) electrons. The van der Waals surface area contributed by atoms with Gasteiger partial charge in [-0.05, 0) is 61.0 Å². The average Bonchev–Trinajstić information content (AvgIpc) is 2.83. The van der Waals surface area contributed by atoms with Gasteiger partial charge in [-0.25, -0.2) is 0 Å². The van der Waals surface area contributed by atoms with Gasteiger partial charge in [-0.2, -0.15) is 10.5 Å². The minimum atomic E-state index is 0.396. The number of rotatable bonds is 4. The van der Waals surface area contributed by atoms with Gasteiger partial charge in [0.1, 0.15) is 0 Å². The van der Waals surface area contributed by atoms with E-state index in [1.165, 1.54) is 27.1 Å². The lowest BCUT2D eigenvalue weighted by atomic mass is 9.88. The van der Waals surface area contributed by atoms with E-state index in [0.717, 1.165) is 27.8 Å². The van der Waals surface area contributed by atoms with Gasteiger partial charge in [0.05, 0.1) is 25.0 Å². The summed E-state index contributed by atoms with van der Waals surface area (Å²) >= 11 is 0. The van der Waals surface area contributed by atoms with E-state index in [4.69, 9.17) is 5.26 Å². The molecule has 32 heavy (non-hydrogen) atoms. The number of fused-ring (bicyclic) bond motifs is 2.